The minimum atomic E-state index is -3.89. The van der Waals surface area contributed by atoms with E-state index in [-0.39, 0.29) is 23.9 Å². The number of aryl methyl sites for hydroxylation is 1. The maximum Gasteiger partial charge on any atom is 0.326 e. The summed E-state index contributed by atoms with van der Waals surface area (Å²) >= 11 is 0. The number of aliphatic carboxylic acids is 1. The molecule has 2 aliphatic heterocycles. The van der Waals surface area contributed by atoms with E-state index in [2.05, 4.69) is 28.1 Å². The van der Waals surface area contributed by atoms with Gasteiger partial charge in [-0.2, -0.15) is 4.31 Å². The number of carbonyl (C=O) groups excluding carboxylic acids is 1. The number of nitrogens with one attached hydrogen (secondary N) is 1. The van der Waals surface area contributed by atoms with Gasteiger partial charge in [-0.15, -0.1) is 0 Å². The van der Waals surface area contributed by atoms with Crippen LogP contribution in [0.25, 0.3) is 0 Å². The van der Waals surface area contributed by atoms with Gasteiger partial charge in [0.1, 0.15) is 17.8 Å². The number of hydrogen-bond acceptors (Lipinski definition) is 7. The third-order valence-electron chi connectivity index (χ3n) is 8.50. The number of sulfonamides is 1. The molecule has 0 aromatic heterocycles. The van der Waals surface area contributed by atoms with E-state index >= 15 is 0 Å². The van der Waals surface area contributed by atoms with Crippen molar-refractivity contribution < 1.29 is 27.9 Å². The van der Waals surface area contributed by atoms with Gasteiger partial charge in [-0.05, 0) is 68.7 Å². The molecule has 10 nitrogen and oxygen atoms in total. The molecule has 0 radical (unpaired) electrons. The number of benzene rings is 3. The number of nitrogens with zero attached hydrogens (tertiary/aromatic N) is 3. The average Bonchev–Trinajstić information content (AvgIpc) is 3.53. The summed E-state index contributed by atoms with van der Waals surface area (Å²) in [5.41, 5.74) is 3.87. The fourth-order valence-corrected chi connectivity index (χ4v) is 7.70. The first-order valence-corrected chi connectivity index (χ1v) is 16.4. The molecule has 0 saturated carbocycles. The van der Waals surface area contributed by atoms with Crippen molar-refractivity contribution in [1.29, 1.82) is 0 Å². The van der Waals surface area contributed by atoms with Crippen molar-refractivity contribution in [2.75, 3.05) is 43.1 Å². The normalized spacial score (nSPS) is 19.9. The van der Waals surface area contributed by atoms with Crippen LogP contribution < -0.4 is 19.9 Å². The molecule has 0 spiro atoms. The molecule has 3 aromatic carbocycles. The first kappa shape index (κ1) is 31.3. The molecule has 234 valence electrons. The number of ether oxygens (including phenoxy) is 1. The van der Waals surface area contributed by atoms with Gasteiger partial charge in [-0.25, -0.2) is 13.2 Å². The molecule has 2 saturated heterocycles. The summed E-state index contributed by atoms with van der Waals surface area (Å²) < 4.78 is 33.2. The largest absolute Gasteiger partial charge is 0.497 e. The van der Waals surface area contributed by atoms with Crippen LogP contribution in [0.5, 0.6) is 5.75 Å². The van der Waals surface area contributed by atoms with Gasteiger partial charge in [0.15, 0.2) is 0 Å². The number of methoxy groups -OCH3 is 1. The lowest BCUT2D eigenvalue weighted by Crippen LogP contribution is -2.52. The third-order valence-corrected chi connectivity index (χ3v) is 10.4. The highest BCUT2D eigenvalue weighted by Crippen LogP contribution is 2.28. The lowest BCUT2D eigenvalue weighted by atomic mass is 10.0. The van der Waals surface area contributed by atoms with E-state index in [0.29, 0.717) is 12.8 Å². The van der Waals surface area contributed by atoms with E-state index < -0.39 is 34.0 Å². The Hall–Kier alpha value is -4.09. The van der Waals surface area contributed by atoms with Gasteiger partial charge in [-0.3, -0.25) is 4.79 Å². The van der Waals surface area contributed by atoms with Gasteiger partial charge in [0, 0.05) is 56.1 Å². The van der Waals surface area contributed by atoms with Crippen LogP contribution in [-0.4, -0.2) is 81.1 Å². The lowest BCUT2D eigenvalue weighted by molar-refractivity contribution is -0.142. The molecule has 3 aromatic rings. The third kappa shape index (κ3) is 6.84. The van der Waals surface area contributed by atoms with Crippen LogP contribution >= 0.6 is 0 Å². The molecule has 11 heteroatoms. The second-order valence-electron chi connectivity index (χ2n) is 11.5. The fourth-order valence-electron chi connectivity index (χ4n) is 6.05. The fraction of sp³-hybridized carbons (Fsp3) is 0.394. The first-order valence-electron chi connectivity index (χ1n) is 14.9. The van der Waals surface area contributed by atoms with E-state index in [0.717, 1.165) is 47.9 Å². The van der Waals surface area contributed by atoms with Crippen LogP contribution in [0.1, 0.15) is 30.9 Å². The van der Waals surface area contributed by atoms with E-state index in [1.165, 1.54) is 16.4 Å². The Kier molecular flexibility index (Phi) is 9.45. The molecule has 5 rings (SSSR count). The second kappa shape index (κ2) is 13.3. The molecule has 0 aliphatic carbocycles. The Balaban J connectivity index is 1.21. The molecule has 2 fully saturated rings. The van der Waals surface area contributed by atoms with Gasteiger partial charge in [0.05, 0.1) is 12.0 Å². The standard InChI is InChI=1S/C33H40N4O6S/c1-23-9-15-29(16-10-23)44(41,42)37-17-5-8-31(37)32(38)34-30(33(39)40)20-25-11-13-26(14-12-25)35-18-19-36(24(2)22-35)27-6-4-7-28(21-27)43-3/h4,6-7,9-16,21,24,30-31H,5,8,17-20,22H2,1-3H3,(H,34,38)(H,39,40)/t24?,30-,31-/m0/s1. The Morgan fingerprint density at radius 3 is 2.39 bits per heavy atom. The summed E-state index contributed by atoms with van der Waals surface area (Å²) in [5.74, 6) is -0.933. The SMILES string of the molecule is COc1cccc(N2CCN(c3ccc(C[C@H](NC(=O)[C@@H]4CCCN4S(=O)(=O)c4ccc(C)cc4)C(=O)O)cc3)CC2C)c1. The van der Waals surface area contributed by atoms with Crippen molar-refractivity contribution >= 4 is 33.3 Å². The summed E-state index contributed by atoms with van der Waals surface area (Å²) in [6, 6.07) is 20.4. The van der Waals surface area contributed by atoms with Crippen LogP contribution in [0.4, 0.5) is 11.4 Å². The molecule has 2 heterocycles. The van der Waals surface area contributed by atoms with Gasteiger partial charge < -0.3 is 25.0 Å². The van der Waals surface area contributed by atoms with Crippen molar-refractivity contribution in [2.24, 2.45) is 0 Å². The quantitative estimate of drug-likeness (QED) is 0.353. The van der Waals surface area contributed by atoms with Crippen LogP contribution in [0, 0.1) is 6.92 Å². The molecular weight excluding hydrogens is 580 g/mol. The average molecular weight is 621 g/mol. The highest BCUT2D eigenvalue weighted by Gasteiger charge is 2.40. The topological polar surface area (TPSA) is 119 Å². The number of rotatable bonds is 10. The number of carbonyl (C=O) groups is 2. The molecule has 1 unspecified atom stereocenters. The molecule has 0 bridgehead atoms. The van der Waals surface area contributed by atoms with Crippen LogP contribution in [0.3, 0.4) is 0 Å². The molecule has 2 N–H and O–H groups in total. The minimum Gasteiger partial charge on any atom is -0.497 e. The van der Waals surface area contributed by atoms with Crippen molar-refractivity contribution in [3.63, 3.8) is 0 Å². The number of anilines is 2. The number of carboxylic acids is 1. The number of amides is 1. The van der Waals surface area contributed by atoms with E-state index in [1.807, 2.05) is 49.4 Å². The molecule has 44 heavy (non-hydrogen) atoms. The smallest absolute Gasteiger partial charge is 0.326 e. The summed E-state index contributed by atoms with van der Waals surface area (Å²) in [4.78, 5) is 30.2. The summed E-state index contributed by atoms with van der Waals surface area (Å²) in [5, 5.41) is 12.5. The summed E-state index contributed by atoms with van der Waals surface area (Å²) in [6.45, 7) is 6.78. The van der Waals surface area contributed by atoms with Crippen LogP contribution in [-0.2, 0) is 26.0 Å². The number of piperazine rings is 1. The predicted molar refractivity (Wildman–Crippen MR) is 170 cm³/mol. The first-order chi connectivity index (χ1) is 21.1. The predicted octanol–water partition coefficient (Wildman–Crippen LogP) is 3.68. The van der Waals surface area contributed by atoms with E-state index in [4.69, 9.17) is 4.74 Å². The molecule has 1 amide bonds. The highest BCUT2D eigenvalue weighted by atomic mass is 32.2. The second-order valence-corrected chi connectivity index (χ2v) is 13.4. The minimum absolute atomic E-state index is 0.0821. The zero-order chi connectivity index (χ0) is 31.4. The molecular formula is C33H40N4O6S. The van der Waals surface area contributed by atoms with E-state index in [1.54, 1.807) is 19.2 Å². The molecule has 3 atom stereocenters. The Morgan fingerprint density at radius 2 is 1.73 bits per heavy atom. The Labute approximate surface area is 259 Å². The zero-order valence-electron chi connectivity index (χ0n) is 25.3. The Morgan fingerprint density at radius 1 is 1.00 bits per heavy atom. The zero-order valence-corrected chi connectivity index (χ0v) is 26.2. The van der Waals surface area contributed by atoms with Crippen LogP contribution in [0.15, 0.2) is 77.7 Å². The molecule has 2 aliphatic rings. The number of carboxylic acid groups (broad SMARTS) is 1. The lowest BCUT2D eigenvalue weighted by Gasteiger charge is -2.42. The van der Waals surface area contributed by atoms with Gasteiger partial charge in [-0.1, -0.05) is 35.9 Å². The van der Waals surface area contributed by atoms with Crippen molar-refractivity contribution in [3.8, 4) is 5.75 Å². The van der Waals surface area contributed by atoms with E-state index in [9.17, 15) is 23.1 Å². The van der Waals surface area contributed by atoms with Gasteiger partial charge in [0.25, 0.3) is 0 Å². The van der Waals surface area contributed by atoms with Crippen molar-refractivity contribution in [2.45, 2.75) is 56.1 Å². The summed E-state index contributed by atoms with van der Waals surface area (Å²) in [7, 11) is -2.23. The Bertz CT molecular complexity index is 1580. The maximum absolute atomic E-state index is 13.3. The highest BCUT2D eigenvalue weighted by molar-refractivity contribution is 7.89. The number of hydrogen-bond donors (Lipinski definition) is 2. The monoisotopic (exact) mass is 620 g/mol. The van der Waals surface area contributed by atoms with Crippen molar-refractivity contribution in [3.05, 3.63) is 83.9 Å². The van der Waals surface area contributed by atoms with Gasteiger partial charge >= 0.3 is 5.97 Å². The van der Waals surface area contributed by atoms with Crippen molar-refractivity contribution in [1.82, 2.24) is 9.62 Å². The maximum atomic E-state index is 13.3. The van der Waals surface area contributed by atoms with Gasteiger partial charge in [0.2, 0.25) is 15.9 Å². The summed E-state index contributed by atoms with van der Waals surface area (Å²) in [6.07, 6.45) is 0.940. The van der Waals surface area contributed by atoms with Crippen LogP contribution in [0.2, 0.25) is 0 Å².